The maximum Gasteiger partial charge on any atom is 0.264 e. The van der Waals surface area contributed by atoms with E-state index in [0.29, 0.717) is 73.8 Å². The number of carbonyl (C=O) groups is 3. The van der Waals surface area contributed by atoms with Crippen molar-refractivity contribution in [3.05, 3.63) is 82.9 Å². The van der Waals surface area contributed by atoms with Crippen LogP contribution in [0.25, 0.3) is 0 Å². The summed E-state index contributed by atoms with van der Waals surface area (Å²) in [7, 11) is -1.90. The van der Waals surface area contributed by atoms with Crippen molar-refractivity contribution in [2.75, 3.05) is 43.2 Å². The number of ether oxygens (including phenoxy) is 2. The van der Waals surface area contributed by atoms with Gasteiger partial charge in [0.05, 0.1) is 49.2 Å². The second kappa shape index (κ2) is 15.4. The Bertz CT molecular complexity index is 1960. The number of aliphatic hydroxyl groups is 2. The Balaban J connectivity index is 1.25. The lowest BCUT2D eigenvalue weighted by molar-refractivity contribution is -0.150. The molecule has 1 spiro atoms. The number of nitrogens with zero attached hydrogens (tertiary/aromatic N) is 3. The number of aliphatic hydroxyl groups excluding tert-OH is 2. The Kier molecular flexibility index (Phi) is 11.0. The second-order valence-corrected chi connectivity index (χ2v) is 19.7. The van der Waals surface area contributed by atoms with Crippen molar-refractivity contribution in [1.82, 2.24) is 10.2 Å². The largest absolute Gasteiger partial charge is 0.494 e. The van der Waals surface area contributed by atoms with Crippen molar-refractivity contribution in [3.8, 4) is 5.75 Å². The van der Waals surface area contributed by atoms with Crippen molar-refractivity contribution in [2.45, 2.75) is 94.9 Å². The second-order valence-electron chi connectivity index (χ2n) is 15.9. The molecule has 3 aromatic rings. The van der Waals surface area contributed by atoms with Crippen LogP contribution < -0.4 is 19.9 Å². The Morgan fingerprint density at radius 1 is 1.02 bits per heavy atom. The van der Waals surface area contributed by atoms with Crippen molar-refractivity contribution in [3.63, 3.8) is 0 Å². The molecule has 0 bridgehead atoms. The van der Waals surface area contributed by atoms with E-state index in [1.54, 1.807) is 34.8 Å². The number of hydrogen-bond acceptors (Lipinski definition) is 8. The minimum absolute atomic E-state index is 0.0748. The molecule has 3 N–H and O–H groups in total. The average molecular weight is 773 g/mol. The van der Waals surface area contributed by atoms with Gasteiger partial charge >= 0.3 is 0 Å². The normalized spacial score (nSPS) is 26.0. The topological polar surface area (TPSA) is 132 Å². The van der Waals surface area contributed by atoms with E-state index < -0.39 is 43.7 Å². The molecule has 55 heavy (non-hydrogen) atoms. The van der Waals surface area contributed by atoms with Crippen molar-refractivity contribution in [1.29, 1.82) is 0 Å². The number of carbonyl (C=O) groups excluding carboxylic acids is 3. The quantitative estimate of drug-likeness (QED) is 0.131. The van der Waals surface area contributed by atoms with Crippen LogP contribution >= 0.6 is 0 Å². The van der Waals surface area contributed by atoms with Crippen LogP contribution in [-0.4, -0.2) is 92.8 Å². The molecule has 0 aromatic heterocycles. The molecular weight excluding hydrogens is 720 g/mol. The van der Waals surface area contributed by atoms with E-state index in [1.165, 1.54) is 0 Å². The maximum atomic E-state index is 16.6. The summed E-state index contributed by atoms with van der Waals surface area (Å²) in [6.45, 7) is 8.24. The fourth-order valence-corrected chi connectivity index (χ4v) is 12.0. The molecule has 11 nitrogen and oxygen atoms in total. The van der Waals surface area contributed by atoms with E-state index in [4.69, 9.17) is 9.47 Å². The zero-order valence-electron chi connectivity index (χ0n) is 32.4. The molecule has 6 atom stereocenters. The zero-order valence-corrected chi connectivity index (χ0v) is 33.4. The number of halogens is 1. The molecule has 0 saturated carbocycles. The summed E-state index contributed by atoms with van der Waals surface area (Å²) >= 11 is 0. The van der Waals surface area contributed by atoms with Gasteiger partial charge in [0.1, 0.15) is 5.75 Å². The lowest BCUT2D eigenvalue weighted by Gasteiger charge is -2.37. The first-order valence-electron chi connectivity index (χ1n) is 19.5. The predicted molar refractivity (Wildman–Crippen MR) is 211 cm³/mol. The highest BCUT2D eigenvalue weighted by molar-refractivity contribution is 6.72. The number of rotatable bonds is 12. The number of hydrogen-bond donors (Lipinski definition) is 3. The van der Waals surface area contributed by atoms with Gasteiger partial charge in [-0.1, -0.05) is 31.2 Å². The predicted octanol–water partition coefficient (Wildman–Crippen LogP) is 5.12. The molecule has 3 amide bonds. The van der Waals surface area contributed by atoms with Crippen LogP contribution in [0.1, 0.15) is 55.4 Å². The molecular formula is C42H53FN4O7Si. The summed E-state index contributed by atoms with van der Waals surface area (Å²) in [5.74, 6) is -0.670. The highest BCUT2D eigenvalue weighted by Crippen LogP contribution is 2.60. The SMILES string of the molecule is CCOc1ccc2c(c1)CC(NCCCCO)C(=O)N2c1ccc2c(c1)[C@@]1(O[C@H](CC(=O)N3Cc4ccccc4C[C@H]3CO)[C@@H]([Si](C)(C)F)[C@@H]1C)C(=O)N2C. The minimum atomic E-state index is -3.58. The van der Waals surface area contributed by atoms with Crippen LogP contribution in [0.5, 0.6) is 5.75 Å². The fourth-order valence-electron chi connectivity index (χ4n) is 9.53. The van der Waals surface area contributed by atoms with Gasteiger partial charge in [-0.2, -0.15) is 0 Å². The molecule has 4 aliphatic rings. The Morgan fingerprint density at radius 2 is 1.76 bits per heavy atom. The van der Waals surface area contributed by atoms with Crippen LogP contribution in [0.3, 0.4) is 0 Å². The highest BCUT2D eigenvalue weighted by atomic mass is 28.4. The van der Waals surface area contributed by atoms with Gasteiger partial charge in [0.15, 0.2) is 5.60 Å². The molecule has 1 fully saturated rings. The number of amides is 3. The molecule has 0 aliphatic carbocycles. The summed E-state index contributed by atoms with van der Waals surface area (Å²) in [4.78, 5) is 48.0. The van der Waals surface area contributed by atoms with Crippen LogP contribution in [0, 0.1) is 5.92 Å². The third-order valence-corrected chi connectivity index (χ3v) is 14.6. The summed E-state index contributed by atoms with van der Waals surface area (Å²) < 4.78 is 29.3. The molecule has 4 heterocycles. The molecule has 1 unspecified atom stereocenters. The summed E-state index contributed by atoms with van der Waals surface area (Å²) in [6.07, 6.45) is 1.28. The molecule has 7 rings (SSSR count). The van der Waals surface area contributed by atoms with E-state index in [0.717, 1.165) is 16.7 Å². The van der Waals surface area contributed by atoms with Gasteiger partial charge in [-0.25, -0.2) is 0 Å². The lowest BCUT2D eigenvalue weighted by atomic mass is 9.82. The summed E-state index contributed by atoms with van der Waals surface area (Å²) in [6, 6.07) is 18.0. The molecule has 0 radical (unpaired) electrons. The smallest absolute Gasteiger partial charge is 0.264 e. The third kappa shape index (κ3) is 6.88. The zero-order chi connectivity index (χ0) is 39.2. The van der Waals surface area contributed by atoms with Gasteiger partial charge in [-0.05, 0) is 105 Å². The van der Waals surface area contributed by atoms with Crippen LogP contribution in [0.2, 0.25) is 18.6 Å². The Hall–Kier alpha value is -4.14. The molecule has 13 heteroatoms. The van der Waals surface area contributed by atoms with Gasteiger partial charge in [0.2, 0.25) is 20.2 Å². The number of benzene rings is 3. The molecule has 4 aliphatic heterocycles. The van der Waals surface area contributed by atoms with Gasteiger partial charge in [-0.15, -0.1) is 0 Å². The van der Waals surface area contributed by atoms with Gasteiger partial charge < -0.3 is 38.9 Å². The van der Waals surface area contributed by atoms with Crippen molar-refractivity contribution >= 4 is 43.2 Å². The maximum absolute atomic E-state index is 16.6. The van der Waals surface area contributed by atoms with Gasteiger partial charge in [0, 0.05) is 42.9 Å². The first-order chi connectivity index (χ1) is 26.3. The van der Waals surface area contributed by atoms with E-state index >= 15 is 4.11 Å². The van der Waals surface area contributed by atoms with E-state index in [2.05, 4.69) is 5.32 Å². The lowest BCUT2D eigenvalue weighted by Crippen LogP contribution is -2.49. The van der Waals surface area contributed by atoms with Crippen molar-refractivity contribution in [2.24, 2.45) is 5.92 Å². The number of anilines is 3. The van der Waals surface area contributed by atoms with Gasteiger partial charge in [0.25, 0.3) is 5.91 Å². The Morgan fingerprint density at radius 3 is 2.47 bits per heavy atom. The average Bonchev–Trinajstić information content (AvgIpc) is 3.58. The first-order valence-corrected chi connectivity index (χ1v) is 22.5. The number of unbranched alkanes of at least 4 members (excludes halogenated alkanes) is 1. The molecule has 1 saturated heterocycles. The third-order valence-electron chi connectivity index (χ3n) is 12.1. The van der Waals surface area contributed by atoms with Crippen LogP contribution in [0.15, 0.2) is 60.7 Å². The highest BCUT2D eigenvalue weighted by Gasteiger charge is 2.66. The van der Waals surface area contributed by atoms with E-state index in [-0.39, 0.29) is 37.4 Å². The fraction of sp³-hybridized carbons (Fsp3) is 0.500. The molecule has 294 valence electrons. The van der Waals surface area contributed by atoms with Crippen molar-refractivity contribution < 1.29 is 38.2 Å². The monoisotopic (exact) mass is 772 g/mol. The summed E-state index contributed by atoms with van der Waals surface area (Å²) in [5, 5.41) is 23.0. The summed E-state index contributed by atoms with van der Waals surface area (Å²) in [5.41, 5.74) is 3.13. The first kappa shape index (κ1) is 39.1. The Labute approximate surface area is 323 Å². The standard InChI is InChI=1S/C42H53FN4O7Si/c1-6-53-32-14-16-35-29(20-32)21-34(44-17-9-10-18-48)40(51)47(35)30-13-15-36-33(22-30)42(41(52)45(36)3)26(2)39(55(4,5)43)37(54-42)23-38(50)46-24-28-12-8-7-11-27(28)19-31(46)25-49/h7-8,11-16,20,22,26,31,34,37,39,44,48-49H,6,9-10,17-19,21,23-25H2,1-5H3/t26-,31-,34?,37+,39-,42+/m0/s1. The van der Waals surface area contributed by atoms with Crippen LogP contribution in [-0.2, 0) is 44.1 Å². The van der Waals surface area contributed by atoms with E-state index in [9.17, 15) is 24.6 Å². The van der Waals surface area contributed by atoms with Crippen LogP contribution in [0.4, 0.5) is 21.2 Å². The number of likely N-dealkylation sites (N-methyl/N-ethyl adjacent to an activating group) is 1. The van der Waals surface area contributed by atoms with E-state index in [1.807, 2.05) is 74.5 Å². The number of fused-ring (bicyclic) bond motifs is 4. The number of nitrogens with one attached hydrogen (secondary N) is 1. The minimum Gasteiger partial charge on any atom is -0.494 e. The molecule has 3 aromatic carbocycles. The van der Waals surface area contributed by atoms with Gasteiger partial charge in [-0.3, -0.25) is 19.3 Å².